The first-order chi connectivity index (χ1) is 12.5. The summed E-state index contributed by atoms with van der Waals surface area (Å²) in [6, 6.07) is 5.69. The first-order valence-corrected chi connectivity index (χ1v) is 10.6. The number of guanidine groups is 1. The summed E-state index contributed by atoms with van der Waals surface area (Å²) in [6.45, 7) is 6.50. The summed E-state index contributed by atoms with van der Waals surface area (Å²) in [6.07, 6.45) is 1.49. The van der Waals surface area contributed by atoms with E-state index in [0.717, 1.165) is 30.2 Å². The van der Waals surface area contributed by atoms with Crippen LogP contribution in [-0.2, 0) is 10.0 Å². The van der Waals surface area contributed by atoms with Gasteiger partial charge in [0.05, 0.1) is 19.0 Å². The van der Waals surface area contributed by atoms with Gasteiger partial charge >= 0.3 is 0 Å². The van der Waals surface area contributed by atoms with Gasteiger partial charge in [-0.25, -0.2) is 13.1 Å². The summed E-state index contributed by atoms with van der Waals surface area (Å²) in [5.41, 5.74) is 0.848. The lowest BCUT2D eigenvalue weighted by molar-refractivity contribution is 0.297. The van der Waals surface area contributed by atoms with Crippen molar-refractivity contribution in [3.63, 3.8) is 0 Å². The highest BCUT2D eigenvalue weighted by molar-refractivity contribution is 14.0. The number of nitrogens with one attached hydrogen (secondary N) is 3. The van der Waals surface area contributed by atoms with Gasteiger partial charge in [-0.3, -0.25) is 4.99 Å². The lowest BCUT2D eigenvalue weighted by atomic mass is 10.3. The van der Waals surface area contributed by atoms with Crippen LogP contribution in [0.2, 0.25) is 0 Å². The van der Waals surface area contributed by atoms with Crippen molar-refractivity contribution in [2.24, 2.45) is 4.99 Å². The van der Waals surface area contributed by atoms with Crippen LogP contribution in [0.1, 0.15) is 26.7 Å². The first kappa shape index (κ1) is 23.8. The van der Waals surface area contributed by atoms with E-state index >= 15 is 0 Å². The second-order valence-corrected chi connectivity index (χ2v) is 7.84. The van der Waals surface area contributed by atoms with Crippen LogP contribution in [0.15, 0.2) is 23.2 Å². The minimum absolute atomic E-state index is 0. The average Bonchev–Trinajstić information content (AvgIpc) is 2.86. The third-order valence-electron chi connectivity index (χ3n) is 3.66. The SMILES string of the molecule is CCNC(=NCCCNS(=O)(=O)CC)Nc1ccc2c(c1)OCCCO2.I. The van der Waals surface area contributed by atoms with Gasteiger partial charge < -0.3 is 20.1 Å². The molecule has 1 aromatic rings. The second kappa shape index (κ2) is 12.2. The Hall–Kier alpha value is -1.27. The molecule has 1 aromatic carbocycles. The van der Waals surface area contributed by atoms with Crippen molar-refractivity contribution in [3.8, 4) is 11.5 Å². The Morgan fingerprint density at radius 3 is 2.63 bits per heavy atom. The highest BCUT2D eigenvalue weighted by Crippen LogP contribution is 2.32. The summed E-state index contributed by atoms with van der Waals surface area (Å²) in [5, 5.41) is 6.40. The molecule has 8 nitrogen and oxygen atoms in total. The Labute approximate surface area is 178 Å². The molecule has 0 spiro atoms. The maximum Gasteiger partial charge on any atom is 0.211 e. The van der Waals surface area contributed by atoms with Crippen LogP contribution in [0.4, 0.5) is 5.69 Å². The Morgan fingerprint density at radius 2 is 1.93 bits per heavy atom. The van der Waals surface area contributed by atoms with Gasteiger partial charge in [-0.05, 0) is 32.4 Å². The van der Waals surface area contributed by atoms with Gasteiger partial charge in [0.25, 0.3) is 0 Å². The van der Waals surface area contributed by atoms with Crippen molar-refractivity contribution in [2.45, 2.75) is 26.7 Å². The van der Waals surface area contributed by atoms with Crippen molar-refractivity contribution >= 4 is 45.6 Å². The van der Waals surface area contributed by atoms with Crippen molar-refractivity contribution in [1.82, 2.24) is 10.0 Å². The number of sulfonamides is 1. The number of rotatable bonds is 8. The number of ether oxygens (including phenoxy) is 2. The maximum atomic E-state index is 11.4. The van der Waals surface area contributed by atoms with Crippen molar-refractivity contribution in [2.75, 3.05) is 43.9 Å². The molecule has 0 bridgehead atoms. The Balaban J connectivity index is 0.00000364. The van der Waals surface area contributed by atoms with Crippen LogP contribution < -0.4 is 24.8 Å². The van der Waals surface area contributed by atoms with E-state index < -0.39 is 10.0 Å². The van der Waals surface area contributed by atoms with Gasteiger partial charge in [0, 0.05) is 37.8 Å². The zero-order valence-electron chi connectivity index (χ0n) is 15.8. The number of benzene rings is 1. The van der Waals surface area contributed by atoms with Crippen molar-refractivity contribution in [3.05, 3.63) is 18.2 Å². The van der Waals surface area contributed by atoms with Gasteiger partial charge in [-0.15, -0.1) is 24.0 Å². The molecule has 0 radical (unpaired) electrons. The molecule has 0 fully saturated rings. The van der Waals surface area contributed by atoms with Gasteiger partial charge in [0.1, 0.15) is 0 Å². The van der Waals surface area contributed by atoms with E-state index in [9.17, 15) is 8.42 Å². The van der Waals surface area contributed by atoms with Crippen LogP contribution in [0.5, 0.6) is 11.5 Å². The fourth-order valence-electron chi connectivity index (χ4n) is 2.28. The van der Waals surface area contributed by atoms with E-state index in [2.05, 4.69) is 20.3 Å². The number of anilines is 1. The summed E-state index contributed by atoms with van der Waals surface area (Å²) in [5.74, 6) is 2.20. The molecule has 2 rings (SSSR count). The largest absolute Gasteiger partial charge is 0.490 e. The monoisotopic (exact) mass is 512 g/mol. The number of aliphatic imine (C=N–C) groups is 1. The van der Waals surface area contributed by atoms with Crippen molar-refractivity contribution in [1.29, 1.82) is 0 Å². The van der Waals surface area contributed by atoms with Gasteiger partial charge in [-0.1, -0.05) is 0 Å². The molecule has 0 aliphatic carbocycles. The number of nitrogens with zero attached hydrogens (tertiary/aromatic N) is 1. The van der Waals surface area contributed by atoms with Gasteiger partial charge in [-0.2, -0.15) is 0 Å². The van der Waals surface area contributed by atoms with Crippen LogP contribution in [0.3, 0.4) is 0 Å². The Kier molecular flexibility index (Phi) is 10.8. The van der Waals surface area contributed by atoms with Gasteiger partial charge in [0.2, 0.25) is 10.0 Å². The Morgan fingerprint density at radius 1 is 1.19 bits per heavy atom. The third-order valence-corrected chi connectivity index (χ3v) is 5.07. The maximum absolute atomic E-state index is 11.4. The first-order valence-electron chi connectivity index (χ1n) is 8.96. The fourth-order valence-corrected chi connectivity index (χ4v) is 2.94. The minimum atomic E-state index is -3.15. The number of hydrogen-bond donors (Lipinski definition) is 3. The molecule has 3 N–H and O–H groups in total. The van der Waals surface area contributed by atoms with Crippen LogP contribution in [-0.4, -0.2) is 53.0 Å². The van der Waals surface area contributed by atoms with Crippen LogP contribution in [0.25, 0.3) is 0 Å². The molecule has 0 amide bonds. The second-order valence-electron chi connectivity index (χ2n) is 5.75. The number of hydrogen-bond acceptors (Lipinski definition) is 5. The molecule has 0 atom stereocenters. The van der Waals surface area contributed by atoms with E-state index in [0.29, 0.717) is 38.7 Å². The molecule has 1 heterocycles. The van der Waals surface area contributed by atoms with E-state index in [4.69, 9.17) is 9.47 Å². The van der Waals surface area contributed by atoms with Crippen LogP contribution >= 0.6 is 24.0 Å². The molecule has 154 valence electrons. The zero-order valence-corrected chi connectivity index (χ0v) is 18.9. The standard InChI is InChI=1S/C17H28N4O4S.HI/c1-3-18-17(19-9-5-10-20-26(22,23)4-2)21-14-7-8-15-16(13-14)25-12-6-11-24-15;/h7-8,13,20H,3-6,9-12H2,1-2H3,(H2,18,19,21);1H. The van der Waals surface area contributed by atoms with E-state index in [1.54, 1.807) is 6.92 Å². The van der Waals surface area contributed by atoms with E-state index in [-0.39, 0.29) is 29.7 Å². The zero-order chi connectivity index (χ0) is 18.8. The topological polar surface area (TPSA) is 101 Å². The quantitative estimate of drug-likeness (QED) is 0.214. The molecule has 27 heavy (non-hydrogen) atoms. The van der Waals surface area contributed by atoms with E-state index in [1.807, 2.05) is 25.1 Å². The fraction of sp³-hybridized carbons (Fsp3) is 0.588. The smallest absolute Gasteiger partial charge is 0.211 e. The third kappa shape index (κ3) is 8.52. The summed E-state index contributed by atoms with van der Waals surface area (Å²) >= 11 is 0. The predicted molar refractivity (Wildman–Crippen MR) is 119 cm³/mol. The summed E-state index contributed by atoms with van der Waals surface area (Å²) in [4.78, 5) is 4.47. The lowest BCUT2D eigenvalue weighted by Gasteiger charge is -2.13. The summed E-state index contributed by atoms with van der Waals surface area (Å²) in [7, 11) is -3.15. The molecule has 1 aliphatic rings. The molecule has 0 saturated heterocycles. The molecule has 10 heteroatoms. The number of fused-ring (bicyclic) bond motifs is 1. The molecular weight excluding hydrogens is 483 g/mol. The average molecular weight is 512 g/mol. The van der Waals surface area contributed by atoms with Crippen molar-refractivity contribution < 1.29 is 17.9 Å². The molecular formula is C17H29IN4O4S. The lowest BCUT2D eigenvalue weighted by Crippen LogP contribution is -2.31. The highest BCUT2D eigenvalue weighted by atomic mass is 127. The Bertz CT molecular complexity index is 713. The molecule has 0 saturated carbocycles. The molecule has 1 aliphatic heterocycles. The van der Waals surface area contributed by atoms with Gasteiger partial charge in [0.15, 0.2) is 17.5 Å². The van der Waals surface area contributed by atoms with E-state index in [1.165, 1.54) is 0 Å². The normalized spacial score (nSPS) is 14.1. The predicted octanol–water partition coefficient (Wildman–Crippen LogP) is 2.17. The number of halogens is 1. The van der Waals surface area contributed by atoms with Crippen LogP contribution in [0, 0.1) is 0 Å². The highest BCUT2D eigenvalue weighted by Gasteiger charge is 2.11. The molecule has 0 aromatic heterocycles. The summed E-state index contributed by atoms with van der Waals surface area (Å²) < 4.78 is 36.6. The molecule has 0 unspecified atom stereocenters. The minimum Gasteiger partial charge on any atom is -0.490 e.